The van der Waals surface area contributed by atoms with Gasteiger partial charge in [-0.15, -0.1) is 23.5 Å². The molecule has 2 aliphatic rings. The number of hydrogen-bond donors (Lipinski definition) is 2. The molecule has 2 saturated heterocycles. The van der Waals surface area contributed by atoms with Crippen LogP contribution >= 0.6 is 45.1 Å². The largest absolute Gasteiger partial charge is 0.493 e. The molecule has 12 nitrogen and oxygen atoms in total. The molecule has 0 unspecified atom stereocenters. The van der Waals surface area contributed by atoms with Gasteiger partial charge in [-0.3, -0.25) is 9.59 Å². The van der Waals surface area contributed by atoms with Crippen LogP contribution in [-0.4, -0.2) is 108 Å². The van der Waals surface area contributed by atoms with E-state index < -0.39 is 35.8 Å². The summed E-state index contributed by atoms with van der Waals surface area (Å²) in [6, 6.07) is 4.29. The minimum Gasteiger partial charge on any atom is -0.493 e. The molecule has 0 radical (unpaired) electrons. The van der Waals surface area contributed by atoms with Crippen molar-refractivity contribution >= 4 is 68.9 Å². The zero-order valence-corrected chi connectivity index (χ0v) is 26.2. The number of nitrogens with zero attached hydrogens (tertiary/aromatic N) is 2. The van der Waals surface area contributed by atoms with Gasteiger partial charge in [-0.2, -0.15) is 0 Å². The second-order valence-corrected chi connectivity index (χ2v) is 13.0. The molecule has 2 fully saturated rings. The summed E-state index contributed by atoms with van der Waals surface area (Å²) in [6.07, 6.45) is 0. The van der Waals surface area contributed by atoms with Crippen LogP contribution in [0.3, 0.4) is 0 Å². The number of ether oxygens (including phenoxy) is 4. The number of aliphatic carboxylic acids is 2. The van der Waals surface area contributed by atoms with Crippen LogP contribution in [0, 0.1) is 0 Å². The Kier molecular flexibility index (Phi) is 10.6. The van der Waals surface area contributed by atoms with E-state index in [-0.39, 0.29) is 34.4 Å². The molecule has 0 aliphatic carbocycles. The van der Waals surface area contributed by atoms with Crippen molar-refractivity contribution < 1.29 is 48.3 Å². The Hall–Kier alpha value is -3.08. The van der Waals surface area contributed by atoms with Crippen LogP contribution in [0.5, 0.6) is 23.0 Å². The summed E-state index contributed by atoms with van der Waals surface area (Å²) < 4.78 is 21.7. The maximum Gasteiger partial charge on any atom is 0.327 e. The molecule has 2 N–H and O–H groups in total. The molecule has 2 heterocycles. The molecule has 42 heavy (non-hydrogen) atoms. The summed E-state index contributed by atoms with van der Waals surface area (Å²) in [5, 5.41) is 19.3. The summed E-state index contributed by atoms with van der Waals surface area (Å²) in [5.74, 6) is -0.890. The van der Waals surface area contributed by atoms with Crippen molar-refractivity contribution in [2.24, 2.45) is 0 Å². The smallest absolute Gasteiger partial charge is 0.327 e. The van der Waals surface area contributed by atoms with Crippen molar-refractivity contribution in [1.82, 2.24) is 9.80 Å². The maximum atomic E-state index is 13.7. The molecule has 2 aromatic rings. The predicted molar refractivity (Wildman–Crippen MR) is 161 cm³/mol. The Morgan fingerprint density at radius 3 is 1.31 bits per heavy atom. The number of rotatable bonds is 11. The monoisotopic (exact) mass is 656 g/mol. The Labute approximate surface area is 258 Å². The first-order valence-electron chi connectivity index (χ1n) is 12.2. The van der Waals surface area contributed by atoms with E-state index in [0.29, 0.717) is 32.8 Å². The SMILES string of the molecule is COc1cc(SSc2cc(OC)c(OC)cc2C(=O)N2CSC[C@H]2C(=O)O)c(C(=O)N2CSC[C@H]2C(=O)O)cc1OC. The number of carboxylic acid groups (broad SMARTS) is 2. The third kappa shape index (κ3) is 6.45. The molecule has 226 valence electrons. The molecule has 0 bridgehead atoms. The number of benzene rings is 2. The highest BCUT2D eigenvalue weighted by molar-refractivity contribution is 8.76. The molecule has 2 aliphatic heterocycles. The molecule has 0 aromatic heterocycles. The third-order valence-corrected chi connectivity index (χ3v) is 11.0. The van der Waals surface area contributed by atoms with Gasteiger partial charge in [-0.25, -0.2) is 9.59 Å². The van der Waals surface area contributed by atoms with Gasteiger partial charge in [-0.1, -0.05) is 21.6 Å². The predicted octanol–water partition coefficient (Wildman–Crippen LogP) is 3.72. The second-order valence-electron chi connectivity index (χ2n) is 8.83. The third-order valence-electron chi connectivity index (χ3n) is 6.51. The number of carbonyl (C=O) groups is 4. The van der Waals surface area contributed by atoms with Gasteiger partial charge in [0, 0.05) is 21.3 Å². The van der Waals surface area contributed by atoms with Crippen LogP contribution in [0.4, 0.5) is 0 Å². The first-order valence-corrected chi connectivity index (χ1v) is 16.7. The molecule has 0 saturated carbocycles. The summed E-state index contributed by atoms with van der Waals surface area (Å²) >= 11 is 2.69. The normalized spacial score (nSPS) is 18.1. The van der Waals surface area contributed by atoms with E-state index in [2.05, 4.69) is 0 Å². The summed E-state index contributed by atoms with van der Waals surface area (Å²) in [6.45, 7) is 0. The van der Waals surface area contributed by atoms with Gasteiger partial charge in [0.1, 0.15) is 12.1 Å². The van der Waals surface area contributed by atoms with Crippen LogP contribution in [0.1, 0.15) is 20.7 Å². The van der Waals surface area contributed by atoms with Crippen molar-refractivity contribution in [2.75, 3.05) is 51.7 Å². The number of hydrogen-bond acceptors (Lipinski definition) is 12. The lowest BCUT2D eigenvalue weighted by Gasteiger charge is -2.23. The van der Waals surface area contributed by atoms with E-state index in [1.165, 1.54) is 73.9 Å². The standard InChI is InChI=1S/C26H28N2O10S4/c1-35-17-5-13(23(29)27-11-39-9-15(27)25(31)32)21(7-19(17)37-3)41-42-22-8-20(38-4)18(36-2)6-14(22)24(30)28-12-40-10-16(28)26(33)34/h5-8,15-16H,9-12H2,1-4H3,(H,31,32)(H,33,34)/t15-,16-/m0/s1. The van der Waals surface area contributed by atoms with E-state index in [1.54, 1.807) is 12.1 Å². The lowest BCUT2D eigenvalue weighted by atomic mass is 10.1. The van der Waals surface area contributed by atoms with Crippen LogP contribution in [-0.2, 0) is 9.59 Å². The lowest BCUT2D eigenvalue weighted by molar-refractivity contribution is -0.141. The van der Waals surface area contributed by atoms with Crippen molar-refractivity contribution in [2.45, 2.75) is 21.9 Å². The van der Waals surface area contributed by atoms with E-state index >= 15 is 0 Å². The van der Waals surface area contributed by atoms with E-state index in [1.807, 2.05) is 0 Å². The summed E-state index contributed by atoms with van der Waals surface area (Å²) in [5.41, 5.74) is 0.406. The van der Waals surface area contributed by atoms with Gasteiger partial charge in [0.2, 0.25) is 0 Å². The maximum absolute atomic E-state index is 13.7. The number of amides is 2. The first-order chi connectivity index (χ1) is 20.1. The fourth-order valence-corrected chi connectivity index (χ4v) is 8.90. The Morgan fingerprint density at radius 1 is 0.667 bits per heavy atom. The first kappa shape index (κ1) is 31.8. The Bertz CT molecular complexity index is 1290. The molecule has 0 spiro atoms. The zero-order valence-electron chi connectivity index (χ0n) is 23.0. The number of methoxy groups -OCH3 is 4. The highest BCUT2D eigenvalue weighted by Gasteiger charge is 2.38. The minimum absolute atomic E-state index is 0.203. The van der Waals surface area contributed by atoms with Gasteiger partial charge in [-0.05, 0) is 24.3 Å². The fraction of sp³-hybridized carbons (Fsp3) is 0.385. The van der Waals surface area contributed by atoms with Gasteiger partial charge < -0.3 is 39.0 Å². The van der Waals surface area contributed by atoms with Gasteiger partial charge in [0.15, 0.2) is 23.0 Å². The topological polar surface area (TPSA) is 152 Å². The zero-order chi connectivity index (χ0) is 30.6. The van der Waals surface area contributed by atoms with E-state index in [9.17, 15) is 29.4 Å². The average Bonchev–Trinajstić information content (AvgIpc) is 3.69. The quantitative estimate of drug-likeness (QED) is 0.338. The van der Waals surface area contributed by atoms with Crippen LogP contribution in [0.15, 0.2) is 34.1 Å². The van der Waals surface area contributed by atoms with Crippen LogP contribution < -0.4 is 18.9 Å². The van der Waals surface area contributed by atoms with Crippen LogP contribution in [0.25, 0.3) is 0 Å². The fourth-order valence-electron chi connectivity index (χ4n) is 4.29. The van der Waals surface area contributed by atoms with Gasteiger partial charge in [0.05, 0.1) is 51.3 Å². The van der Waals surface area contributed by atoms with Crippen molar-refractivity contribution in [1.29, 1.82) is 0 Å². The Balaban J connectivity index is 1.74. The second kappa shape index (κ2) is 13.9. The highest BCUT2D eigenvalue weighted by atomic mass is 33.1. The van der Waals surface area contributed by atoms with Crippen LogP contribution in [0.2, 0.25) is 0 Å². The molecular formula is C26H28N2O10S4. The molecule has 2 amide bonds. The number of carboxylic acids is 2. The van der Waals surface area contributed by atoms with Crippen molar-refractivity contribution in [3.05, 3.63) is 35.4 Å². The van der Waals surface area contributed by atoms with Gasteiger partial charge >= 0.3 is 11.9 Å². The summed E-state index contributed by atoms with van der Waals surface area (Å²) in [7, 11) is 8.08. The summed E-state index contributed by atoms with van der Waals surface area (Å²) in [4.78, 5) is 54.4. The molecular weight excluding hydrogens is 629 g/mol. The Morgan fingerprint density at radius 2 is 1.00 bits per heavy atom. The van der Waals surface area contributed by atoms with Crippen molar-refractivity contribution in [3.63, 3.8) is 0 Å². The van der Waals surface area contributed by atoms with E-state index in [4.69, 9.17) is 18.9 Å². The van der Waals surface area contributed by atoms with Crippen molar-refractivity contribution in [3.8, 4) is 23.0 Å². The molecule has 2 aromatic carbocycles. The molecule has 16 heteroatoms. The lowest BCUT2D eigenvalue weighted by Crippen LogP contribution is -2.42. The number of thioether (sulfide) groups is 2. The highest BCUT2D eigenvalue weighted by Crippen LogP contribution is 2.47. The molecule has 2 atom stereocenters. The van der Waals surface area contributed by atoms with E-state index in [0.717, 1.165) is 21.6 Å². The molecule has 4 rings (SSSR count). The average molecular weight is 657 g/mol. The number of carbonyl (C=O) groups excluding carboxylic acids is 2. The minimum atomic E-state index is -1.09. The van der Waals surface area contributed by atoms with Gasteiger partial charge in [0.25, 0.3) is 11.8 Å².